The molecular weight excluding hydrogens is 216 g/mol. The number of nitrogens with two attached hydrogens (primary N) is 1. The molecule has 0 radical (unpaired) electrons. The molecule has 0 heterocycles. The molecule has 4 atom stereocenters. The van der Waals surface area contributed by atoms with Gasteiger partial charge in [-0.25, -0.2) is 0 Å². The molecule has 3 unspecified atom stereocenters. The van der Waals surface area contributed by atoms with Crippen molar-refractivity contribution in [2.24, 2.45) is 11.7 Å². The van der Waals surface area contributed by atoms with Crippen LogP contribution in [0.3, 0.4) is 0 Å². The highest BCUT2D eigenvalue weighted by Gasteiger charge is 2.32. The van der Waals surface area contributed by atoms with Gasteiger partial charge < -0.3 is 15.7 Å². The summed E-state index contributed by atoms with van der Waals surface area (Å²) in [6.07, 6.45) is 4.32. The van der Waals surface area contributed by atoms with Crippen LogP contribution in [0.2, 0.25) is 0 Å². The molecule has 100 valence electrons. The van der Waals surface area contributed by atoms with Crippen molar-refractivity contribution in [1.29, 1.82) is 0 Å². The standard InChI is InChI=1S/C13H26N2O2/c1-4-9(2)12(14)13(17)15(3)10-7-5-6-8-11(10)16/h9-12,16H,4-8,14H2,1-3H3/t9?,10?,11?,12-/m0/s1. The first-order valence-corrected chi connectivity index (χ1v) is 6.69. The smallest absolute Gasteiger partial charge is 0.239 e. The Bertz CT molecular complexity index is 258. The van der Waals surface area contributed by atoms with Gasteiger partial charge in [0.05, 0.1) is 18.2 Å². The van der Waals surface area contributed by atoms with Crippen molar-refractivity contribution in [3.05, 3.63) is 0 Å². The second kappa shape index (κ2) is 6.36. The highest BCUT2D eigenvalue weighted by Crippen LogP contribution is 2.23. The van der Waals surface area contributed by atoms with Crippen LogP contribution in [-0.4, -0.2) is 41.1 Å². The Labute approximate surface area is 104 Å². The van der Waals surface area contributed by atoms with Gasteiger partial charge in [0.1, 0.15) is 0 Å². The van der Waals surface area contributed by atoms with Gasteiger partial charge in [-0.1, -0.05) is 33.1 Å². The first kappa shape index (κ1) is 14.5. The van der Waals surface area contributed by atoms with Gasteiger partial charge in [-0.2, -0.15) is 0 Å². The van der Waals surface area contributed by atoms with Gasteiger partial charge in [-0.05, 0) is 18.8 Å². The summed E-state index contributed by atoms with van der Waals surface area (Å²) < 4.78 is 0. The quantitative estimate of drug-likeness (QED) is 0.776. The molecule has 3 N–H and O–H groups in total. The summed E-state index contributed by atoms with van der Waals surface area (Å²) in [5, 5.41) is 9.93. The van der Waals surface area contributed by atoms with E-state index >= 15 is 0 Å². The van der Waals surface area contributed by atoms with E-state index in [1.807, 2.05) is 13.8 Å². The second-order valence-corrected chi connectivity index (χ2v) is 5.28. The molecule has 1 aliphatic carbocycles. The number of likely N-dealkylation sites (N-methyl/N-ethyl adjacent to an activating group) is 1. The van der Waals surface area contributed by atoms with Gasteiger partial charge in [0, 0.05) is 7.05 Å². The van der Waals surface area contributed by atoms with Crippen molar-refractivity contribution in [3.63, 3.8) is 0 Å². The van der Waals surface area contributed by atoms with Crippen molar-refractivity contribution in [2.75, 3.05) is 7.05 Å². The minimum absolute atomic E-state index is 0.0368. The van der Waals surface area contributed by atoms with Crippen molar-refractivity contribution < 1.29 is 9.90 Å². The topological polar surface area (TPSA) is 66.6 Å². The number of amides is 1. The van der Waals surface area contributed by atoms with Gasteiger partial charge in [0.15, 0.2) is 0 Å². The Morgan fingerprint density at radius 1 is 1.47 bits per heavy atom. The maximum atomic E-state index is 12.2. The molecule has 1 aliphatic rings. The molecular formula is C13H26N2O2. The fourth-order valence-corrected chi connectivity index (χ4v) is 2.44. The Kier molecular flexibility index (Phi) is 5.40. The number of aliphatic hydroxyl groups is 1. The molecule has 4 nitrogen and oxygen atoms in total. The van der Waals surface area contributed by atoms with E-state index in [0.29, 0.717) is 0 Å². The van der Waals surface area contributed by atoms with E-state index < -0.39 is 6.04 Å². The summed E-state index contributed by atoms with van der Waals surface area (Å²) in [5.74, 6) is 0.149. The van der Waals surface area contributed by atoms with Crippen LogP contribution in [-0.2, 0) is 4.79 Å². The zero-order valence-corrected chi connectivity index (χ0v) is 11.2. The van der Waals surface area contributed by atoms with Crippen LogP contribution in [0.25, 0.3) is 0 Å². The van der Waals surface area contributed by atoms with Crippen molar-refractivity contribution in [1.82, 2.24) is 4.90 Å². The minimum Gasteiger partial charge on any atom is -0.391 e. The van der Waals surface area contributed by atoms with Crippen LogP contribution < -0.4 is 5.73 Å². The van der Waals surface area contributed by atoms with Crippen LogP contribution in [0.5, 0.6) is 0 Å². The van der Waals surface area contributed by atoms with Crippen LogP contribution >= 0.6 is 0 Å². The molecule has 17 heavy (non-hydrogen) atoms. The zero-order valence-electron chi connectivity index (χ0n) is 11.2. The maximum Gasteiger partial charge on any atom is 0.239 e. The van der Waals surface area contributed by atoms with Crippen molar-refractivity contribution in [2.45, 2.75) is 64.1 Å². The highest BCUT2D eigenvalue weighted by atomic mass is 16.3. The molecule has 0 spiro atoms. The van der Waals surface area contributed by atoms with Crippen LogP contribution in [0.15, 0.2) is 0 Å². The summed E-state index contributed by atoms with van der Waals surface area (Å²) in [7, 11) is 1.77. The van der Waals surface area contributed by atoms with Gasteiger partial charge in [-0.15, -0.1) is 0 Å². The summed E-state index contributed by atoms with van der Waals surface area (Å²) in [6.45, 7) is 4.03. The molecule has 1 amide bonds. The largest absolute Gasteiger partial charge is 0.391 e. The third kappa shape index (κ3) is 3.42. The fraction of sp³-hybridized carbons (Fsp3) is 0.923. The SMILES string of the molecule is CCC(C)[C@H](N)C(=O)N(C)C1CCCCC1O. The fourth-order valence-electron chi connectivity index (χ4n) is 2.44. The summed E-state index contributed by atoms with van der Waals surface area (Å²) in [5.41, 5.74) is 5.95. The molecule has 0 aromatic carbocycles. The first-order valence-electron chi connectivity index (χ1n) is 6.69. The Hall–Kier alpha value is -0.610. The lowest BCUT2D eigenvalue weighted by Crippen LogP contribution is -2.53. The summed E-state index contributed by atoms with van der Waals surface area (Å²) in [6, 6.07) is -0.495. The maximum absolute atomic E-state index is 12.2. The Morgan fingerprint density at radius 3 is 2.59 bits per heavy atom. The van der Waals surface area contributed by atoms with E-state index in [-0.39, 0.29) is 24.0 Å². The average Bonchev–Trinajstić information content (AvgIpc) is 2.35. The predicted octanol–water partition coefficient (Wildman–Crippen LogP) is 1.12. The second-order valence-electron chi connectivity index (χ2n) is 5.28. The van der Waals surface area contributed by atoms with E-state index in [1.54, 1.807) is 11.9 Å². The molecule has 1 fully saturated rings. The minimum atomic E-state index is -0.445. The van der Waals surface area contributed by atoms with Gasteiger partial charge in [0.25, 0.3) is 0 Å². The molecule has 0 aliphatic heterocycles. The Morgan fingerprint density at radius 2 is 2.06 bits per heavy atom. The predicted molar refractivity (Wildman–Crippen MR) is 68.5 cm³/mol. The number of hydrogen-bond acceptors (Lipinski definition) is 3. The number of carbonyl (C=O) groups excluding carboxylic acids is 1. The molecule has 1 saturated carbocycles. The van der Waals surface area contributed by atoms with E-state index in [9.17, 15) is 9.90 Å². The molecule has 0 aromatic heterocycles. The lowest BCUT2D eigenvalue weighted by molar-refractivity contribution is -0.138. The number of hydrogen-bond donors (Lipinski definition) is 2. The molecule has 0 saturated heterocycles. The van der Waals surface area contributed by atoms with E-state index in [2.05, 4.69) is 0 Å². The van der Waals surface area contributed by atoms with E-state index in [4.69, 9.17) is 5.73 Å². The Balaban J connectivity index is 2.61. The van der Waals surface area contributed by atoms with Crippen molar-refractivity contribution in [3.8, 4) is 0 Å². The highest BCUT2D eigenvalue weighted by molar-refractivity contribution is 5.82. The van der Waals surface area contributed by atoms with Gasteiger partial charge in [0.2, 0.25) is 5.91 Å². The monoisotopic (exact) mass is 242 g/mol. The molecule has 0 bridgehead atoms. The lowest BCUT2D eigenvalue weighted by atomic mass is 9.90. The van der Waals surface area contributed by atoms with E-state index in [0.717, 1.165) is 32.1 Å². The number of aliphatic hydroxyl groups excluding tert-OH is 1. The zero-order chi connectivity index (χ0) is 13.0. The van der Waals surface area contributed by atoms with Gasteiger partial charge >= 0.3 is 0 Å². The van der Waals surface area contributed by atoms with Crippen LogP contribution in [0, 0.1) is 5.92 Å². The number of nitrogens with zero attached hydrogens (tertiary/aromatic N) is 1. The first-order chi connectivity index (χ1) is 7.99. The molecule has 4 heteroatoms. The average molecular weight is 242 g/mol. The van der Waals surface area contributed by atoms with Gasteiger partial charge in [-0.3, -0.25) is 4.79 Å². The normalized spacial score (nSPS) is 28.5. The number of rotatable bonds is 4. The molecule has 1 rings (SSSR count). The van der Waals surface area contributed by atoms with E-state index in [1.165, 1.54) is 0 Å². The van der Waals surface area contributed by atoms with Crippen molar-refractivity contribution >= 4 is 5.91 Å². The summed E-state index contributed by atoms with van der Waals surface area (Å²) in [4.78, 5) is 13.8. The van der Waals surface area contributed by atoms with Crippen LogP contribution in [0.1, 0.15) is 46.0 Å². The number of carbonyl (C=O) groups is 1. The lowest BCUT2D eigenvalue weighted by Gasteiger charge is -2.37. The van der Waals surface area contributed by atoms with Crippen LogP contribution in [0.4, 0.5) is 0 Å². The molecule has 0 aromatic rings. The third-order valence-electron chi connectivity index (χ3n) is 4.08. The third-order valence-corrected chi connectivity index (χ3v) is 4.08. The summed E-state index contributed by atoms with van der Waals surface area (Å²) >= 11 is 0.